The number of benzene rings is 3. The number of thiazole rings is 1. The maximum Gasteiger partial charge on any atom is 0.242 e. The fraction of sp³-hybridized carbons (Fsp3) is 0.200. The highest BCUT2D eigenvalue weighted by Crippen LogP contribution is 2.35. The van der Waals surface area contributed by atoms with Crippen LogP contribution in [0.5, 0.6) is 0 Å². The molecule has 0 aliphatic carbocycles. The van der Waals surface area contributed by atoms with Crippen molar-refractivity contribution in [2.75, 3.05) is 18.5 Å². The minimum absolute atomic E-state index is 0.0127. The van der Waals surface area contributed by atoms with Crippen LogP contribution in [-0.4, -0.2) is 37.2 Å². The zero-order valence-electron chi connectivity index (χ0n) is 18.8. The number of hydrogen-bond acceptors (Lipinski definition) is 5. The molecule has 0 radical (unpaired) electrons. The van der Waals surface area contributed by atoms with Gasteiger partial charge >= 0.3 is 0 Å². The van der Waals surface area contributed by atoms with Crippen LogP contribution in [0.2, 0.25) is 0 Å². The standard InChI is InChI=1S/C25H24FN3O3S2/c1-18-8-3-5-10-22(18)29(25-27-21-9-4-6-11-23(21)33-25)24(30)12-7-17-28(2)34(31,32)20-15-13-19(26)14-16-20/h3-6,8-11,13-16H,7,12,17H2,1-2H3. The first-order valence-corrected chi connectivity index (χ1v) is 13.0. The Morgan fingerprint density at radius 2 is 1.68 bits per heavy atom. The topological polar surface area (TPSA) is 70.6 Å². The molecule has 0 aliphatic rings. The second kappa shape index (κ2) is 10.0. The molecule has 34 heavy (non-hydrogen) atoms. The number of sulfonamides is 1. The molecule has 0 aliphatic heterocycles. The van der Waals surface area contributed by atoms with E-state index in [4.69, 9.17) is 0 Å². The Labute approximate surface area is 202 Å². The number of carbonyl (C=O) groups is 1. The molecule has 0 N–H and O–H groups in total. The van der Waals surface area contributed by atoms with Gasteiger partial charge in [-0.25, -0.2) is 22.1 Å². The van der Waals surface area contributed by atoms with Gasteiger partial charge in [0, 0.05) is 20.0 Å². The Kier molecular flexibility index (Phi) is 7.06. The van der Waals surface area contributed by atoms with Gasteiger partial charge in [0.1, 0.15) is 5.82 Å². The van der Waals surface area contributed by atoms with Gasteiger partial charge in [-0.15, -0.1) is 0 Å². The van der Waals surface area contributed by atoms with Gasteiger partial charge < -0.3 is 0 Å². The average Bonchev–Trinajstić information content (AvgIpc) is 3.24. The Morgan fingerprint density at radius 3 is 2.38 bits per heavy atom. The summed E-state index contributed by atoms with van der Waals surface area (Å²) in [5.74, 6) is -0.667. The van der Waals surface area contributed by atoms with Gasteiger partial charge in [-0.05, 0) is 61.4 Å². The summed E-state index contributed by atoms with van der Waals surface area (Å²) < 4.78 is 40.8. The maximum absolute atomic E-state index is 13.4. The normalized spacial score (nSPS) is 11.8. The van der Waals surface area contributed by atoms with Crippen molar-refractivity contribution < 1.29 is 17.6 Å². The molecule has 6 nitrogen and oxygen atoms in total. The quantitative estimate of drug-likeness (QED) is 0.322. The van der Waals surface area contributed by atoms with E-state index in [9.17, 15) is 17.6 Å². The number of aryl methyl sites for hydroxylation is 1. The molecule has 4 rings (SSSR count). The van der Waals surface area contributed by atoms with Crippen molar-refractivity contribution >= 4 is 48.3 Å². The van der Waals surface area contributed by atoms with Crippen LogP contribution in [-0.2, 0) is 14.8 Å². The van der Waals surface area contributed by atoms with Crippen molar-refractivity contribution in [1.82, 2.24) is 9.29 Å². The molecule has 1 heterocycles. The summed E-state index contributed by atoms with van der Waals surface area (Å²) >= 11 is 1.44. The van der Waals surface area contributed by atoms with E-state index < -0.39 is 15.8 Å². The number of fused-ring (bicyclic) bond motifs is 1. The summed E-state index contributed by atoms with van der Waals surface area (Å²) in [7, 11) is -2.32. The summed E-state index contributed by atoms with van der Waals surface area (Å²) in [6.45, 7) is 2.08. The highest BCUT2D eigenvalue weighted by molar-refractivity contribution is 7.89. The molecule has 0 saturated carbocycles. The SMILES string of the molecule is Cc1ccccc1N(C(=O)CCCN(C)S(=O)(=O)c1ccc(F)cc1)c1nc2ccccc2s1. The van der Waals surface area contributed by atoms with Crippen LogP contribution < -0.4 is 4.90 Å². The van der Waals surface area contributed by atoms with Gasteiger partial charge in [0.05, 0.1) is 20.8 Å². The van der Waals surface area contributed by atoms with Gasteiger partial charge in [0.15, 0.2) is 5.13 Å². The third-order valence-electron chi connectivity index (χ3n) is 5.47. The fourth-order valence-corrected chi connectivity index (χ4v) is 5.79. The van der Waals surface area contributed by atoms with E-state index in [0.29, 0.717) is 11.6 Å². The molecule has 0 unspecified atom stereocenters. The van der Waals surface area contributed by atoms with E-state index in [2.05, 4.69) is 4.98 Å². The Morgan fingerprint density at radius 1 is 1.00 bits per heavy atom. The first-order valence-electron chi connectivity index (χ1n) is 10.7. The van der Waals surface area contributed by atoms with E-state index in [1.54, 1.807) is 4.90 Å². The van der Waals surface area contributed by atoms with E-state index in [-0.39, 0.29) is 23.8 Å². The molecule has 0 fully saturated rings. The lowest BCUT2D eigenvalue weighted by Gasteiger charge is -2.23. The molecule has 0 bridgehead atoms. The number of aromatic nitrogens is 1. The number of hydrogen-bond donors (Lipinski definition) is 0. The lowest BCUT2D eigenvalue weighted by atomic mass is 10.1. The molecule has 1 aromatic heterocycles. The molecule has 0 spiro atoms. The monoisotopic (exact) mass is 497 g/mol. The molecule has 0 atom stereocenters. The minimum Gasteiger partial charge on any atom is -0.274 e. The van der Waals surface area contributed by atoms with E-state index in [0.717, 1.165) is 33.6 Å². The van der Waals surface area contributed by atoms with Gasteiger partial charge in [-0.3, -0.25) is 9.69 Å². The minimum atomic E-state index is -3.77. The second-order valence-corrected chi connectivity index (χ2v) is 10.9. The van der Waals surface area contributed by atoms with Crippen LogP contribution in [0.15, 0.2) is 77.7 Å². The summed E-state index contributed by atoms with van der Waals surface area (Å²) in [6.07, 6.45) is 0.455. The molecule has 9 heteroatoms. The number of carbonyl (C=O) groups excluding carboxylic acids is 1. The van der Waals surface area contributed by atoms with Crippen molar-refractivity contribution in [2.24, 2.45) is 0 Å². The summed E-state index contributed by atoms with van der Waals surface area (Å²) in [5.41, 5.74) is 2.50. The highest BCUT2D eigenvalue weighted by atomic mass is 32.2. The molecule has 1 amide bonds. The number of nitrogens with zero attached hydrogens (tertiary/aromatic N) is 3. The first kappa shape index (κ1) is 24.0. The van der Waals surface area contributed by atoms with E-state index in [1.807, 2.05) is 55.5 Å². The first-order chi connectivity index (χ1) is 16.3. The van der Waals surface area contributed by atoms with Crippen molar-refractivity contribution in [1.29, 1.82) is 0 Å². The summed E-state index contributed by atoms with van der Waals surface area (Å²) in [5, 5.41) is 0.577. The zero-order chi connectivity index (χ0) is 24.3. The number of halogens is 1. The fourth-order valence-electron chi connectivity index (χ4n) is 3.59. The molecule has 3 aromatic carbocycles. The largest absolute Gasteiger partial charge is 0.274 e. The lowest BCUT2D eigenvalue weighted by molar-refractivity contribution is -0.118. The van der Waals surface area contributed by atoms with Crippen LogP contribution in [0.4, 0.5) is 15.2 Å². The van der Waals surface area contributed by atoms with E-state index >= 15 is 0 Å². The highest BCUT2D eigenvalue weighted by Gasteiger charge is 2.25. The zero-order valence-corrected chi connectivity index (χ0v) is 20.4. The molecular weight excluding hydrogens is 473 g/mol. The van der Waals surface area contributed by atoms with Gasteiger partial charge in [0.2, 0.25) is 15.9 Å². The Balaban J connectivity index is 1.52. The predicted molar refractivity (Wildman–Crippen MR) is 133 cm³/mol. The predicted octanol–water partition coefficient (Wildman–Crippen LogP) is 5.51. The smallest absolute Gasteiger partial charge is 0.242 e. The average molecular weight is 498 g/mol. The van der Waals surface area contributed by atoms with Crippen LogP contribution in [0.1, 0.15) is 18.4 Å². The number of anilines is 2. The second-order valence-electron chi connectivity index (χ2n) is 7.86. The van der Waals surface area contributed by atoms with Gasteiger partial charge in [-0.2, -0.15) is 0 Å². The van der Waals surface area contributed by atoms with Crippen molar-refractivity contribution in [3.63, 3.8) is 0 Å². The third kappa shape index (κ3) is 5.01. The molecule has 0 saturated heterocycles. The number of amides is 1. The lowest BCUT2D eigenvalue weighted by Crippen LogP contribution is -2.30. The van der Waals surface area contributed by atoms with Crippen molar-refractivity contribution in [3.8, 4) is 0 Å². The summed E-state index contributed by atoms with van der Waals surface area (Å²) in [6, 6.07) is 20.0. The van der Waals surface area contributed by atoms with Crippen molar-refractivity contribution in [3.05, 3.63) is 84.2 Å². The maximum atomic E-state index is 13.4. The van der Waals surface area contributed by atoms with Crippen LogP contribution in [0, 0.1) is 12.7 Å². The molecule has 176 valence electrons. The van der Waals surface area contributed by atoms with Crippen LogP contribution in [0.25, 0.3) is 10.2 Å². The van der Waals surface area contributed by atoms with E-state index in [1.165, 1.54) is 34.8 Å². The Hall–Kier alpha value is -3.14. The number of para-hydroxylation sites is 2. The van der Waals surface area contributed by atoms with Gasteiger partial charge in [-0.1, -0.05) is 41.7 Å². The Bertz CT molecular complexity index is 1390. The molecular formula is C25H24FN3O3S2. The van der Waals surface area contributed by atoms with Crippen molar-refractivity contribution in [2.45, 2.75) is 24.7 Å². The van der Waals surface area contributed by atoms with Crippen LogP contribution in [0.3, 0.4) is 0 Å². The molecule has 4 aromatic rings. The number of rotatable bonds is 8. The summed E-state index contributed by atoms with van der Waals surface area (Å²) in [4.78, 5) is 19.7. The van der Waals surface area contributed by atoms with Crippen LogP contribution >= 0.6 is 11.3 Å². The third-order valence-corrected chi connectivity index (χ3v) is 8.36. The van der Waals surface area contributed by atoms with Gasteiger partial charge in [0.25, 0.3) is 0 Å².